The Kier molecular flexibility index (Phi) is 4.08. The first-order chi connectivity index (χ1) is 10.6. The number of carboxylic acids is 1. The van der Waals surface area contributed by atoms with Crippen LogP contribution in [-0.4, -0.2) is 21.0 Å². The molecule has 0 unspecified atom stereocenters. The zero-order valence-corrected chi connectivity index (χ0v) is 12.7. The normalized spacial score (nSPS) is 11.1. The van der Waals surface area contributed by atoms with Crippen molar-refractivity contribution in [1.29, 1.82) is 0 Å². The summed E-state index contributed by atoms with van der Waals surface area (Å²) in [6, 6.07) is 6.16. The van der Waals surface area contributed by atoms with Gasteiger partial charge in [-0.25, -0.2) is 19.2 Å². The van der Waals surface area contributed by atoms with Gasteiger partial charge in [0.15, 0.2) is 0 Å². The van der Waals surface area contributed by atoms with E-state index in [4.69, 9.17) is 5.11 Å². The van der Waals surface area contributed by atoms with Gasteiger partial charge in [-0.05, 0) is 36.4 Å². The van der Waals surface area contributed by atoms with Crippen LogP contribution in [0.1, 0.15) is 20.4 Å². The Morgan fingerprint density at radius 1 is 1.23 bits per heavy atom. The van der Waals surface area contributed by atoms with Crippen molar-refractivity contribution in [3.63, 3.8) is 0 Å². The monoisotopic (exact) mass is 332 g/mol. The molecule has 0 amide bonds. The Morgan fingerprint density at radius 3 is 2.68 bits per heavy atom. The van der Waals surface area contributed by atoms with Gasteiger partial charge in [0, 0.05) is 10.9 Å². The molecule has 0 aliphatic heterocycles. The maximum absolute atomic E-state index is 12.9. The predicted molar refractivity (Wildman–Crippen MR) is 85.5 cm³/mol. The van der Waals surface area contributed by atoms with Gasteiger partial charge in [-0.1, -0.05) is 0 Å². The molecule has 1 aromatic carbocycles. The van der Waals surface area contributed by atoms with Crippen LogP contribution in [0.2, 0.25) is 0 Å². The van der Waals surface area contributed by atoms with E-state index in [-0.39, 0.29) is 10.7 Å². The van der Waals surface area contributed by atoms with Crippen molar-refractivity contribution in [2.24, 2.45) is 0 Å². The fourth-order valence-corrected chi connectivity index (χ4v) is 3.16. The minimum absolute atomic E-state index is 0.199. The summed E-state index contributed by atoms with van der Waals surface area (Å²) < 4.78 is 12.9. The SMILES string of the molecule is O=C(O)c1cnc(/C=C\c2csc(-c3ccc(F)cc3)n2)s1. The van der Waals surface area contributed by atoms with Crippen molar-refractivity contribution in [2.75, 3.05) is 0 Å². The van der Waals surface area contributed by atoms with E-state index >= 15 is 0 Å². The second-order valence-corrected chi connectivity index (χ2v) is 6.21. The summed E-state index contributed by atoms with van der Waals surface area (Å²) in [5.41, 5.74) is 1.60. The topological polar surface area (TPSA) is 63.1 Å². The molecule has 0 fully saturated rings. The molecule has 0 atom stereocenters. The second-order valence-electron chi connectivity index (χ2n) is 4.29. The molecule has 0 saturated carbocycles. The number of halogens is 1. The van der Waals surface area contributed by atoms with Crippen LogP contribution in [0.5, 0.6) is 0 Å². The number of aromatic nitrogens is 2. The fourth-order valence-electron chi connectivity index (χ4n) is 1.71. The zero-order valence-electron chi connectivity index (χ0n) is 11.1. The first-order valence-corrected chi connectivity index (χ1v) is 7.90. The molecule has 3 rings (SSSR count). The Hall–Kier alpha value is -2.38. The lowest BCUT2D eigenvalue weighted by Crippen LogP contribution is -1.89. The molecular formula is C15H9FN2O2S2. The average Bonchev–Trinajstić information content (AvgIpc) is 3.15. The standard InChI is InChI=1S/C15H9FN2O2S2/c16-10-3-1-9(2-4-10)14-18-11(8-21-14)5-6-13-17-7-12(22-13)15(19)20/h1-8H,(H,19,20)/b6-5-. The molecular weight excluding hydrogens is 323 g/mol. The van der Waals surface area contributed by atoms with Crippen molar-refractivity contribution >= 4 is 40.8 Å². The van der Waals surface area contributed by atoms with Gasteiger partial charge in [0.2, 0.25) is 0 Å². The summed E-state index contributed by atoms with van der Waals surface area (Å²) in [7, 11) is 0. The maximum atomic E-state index is 12.9. The van der Waals surface area contributed by atoms with Gasteiger partial charge in [-0.15, -0.1) is 22.7 Å². The van der Waals surface area contributed by atoms with Gasteiger partial charge in [0.1, 0.15) is 20.7 Å². The van der Waals surface area contributed by atoms with Gasteiger partial charge < -0.3 is 5.11 Å². The lowest BCUT2D eigenvalue weighted by molar-refractivity contribution is 0.0702. The Bertz CT molecular complexity index is 837. The van der Waals surface area contributed by atoms with Crippen molar-refractivity contribution in [1.82, 2.24) is 9.97 Å². The van der Waals surface area contributed by atoms with Crippen LogP contribution in [0.25, 0.3) is 22.7 Å². The first kappa shape index (κ1) is 14.6. The maximum Gasteiger partial charge on any atom is 0.347 e. The smallest absolute Gasteiger partial charge is 0.347 e. The van der Waals surface area contributed by atoms with E-state index in [0.29, 0.717) is 5.01 Å². The van der Waals surface area contributed by atoms with Gasteiger partial charge in [0.05, 0.1) is 11.9 Å². The number of carbonyl (C=O) groups is 1. The number of aromatic carboxylic acids is 1. The van der Waals surface area contributed by atoms with Gasteiger partial charge in [0.25, 0.3) is 0 Å². The molecule has 3 aromatic rings. The van der Waals surface area contributed by atoms with Crippen LogP contribution >= 0.6 is 22.7 Å². The predicted octanol–water partition coefficient (Wildman–Crippen LogP) is 4.27. The van der Waals surface area contributed by atoms with Crippen LogP contribution in [-0.2, 0) is 0 Å². The number of carboxylic acid groups (broad SMARTS) is 1. The number of benzene rings is 1. The van der Waals surface area contributed by atoms with E-state index in [9.17, 15) is 9.18 Å². The largest absolute Gasteiger partial charge is 0.477 e. The minimum atomic E-state index is -0.982. The second kappa shape index (κ2) is 6.17. The highest BCUT2D eigenvalue weighted by atomic mass is 32.1. The molecule has 4 nitrogen and oxygen atoms in total. The van der Waals surface area contributed by atoms with Crippen molar-refractivity contribution in [3.05, 3.63) is 57.2 Å². The third-order valence-corrected chi connectivity index (χ3v) is 4.60. The third-order valence-electron chi connectivity index (χ3n) is 2.74. The van der Waals surface area contributed by atoms with Crippen LogP contribution in [0, 0.1) is 5.82 Å². The molecule has 0 saturated heterocycles. The number of nitrogens with zero attached hydrogens (tertiary/aromatic N) is 2. The summed E-state index contributed by atoms with van der Waals surface area (Å²) in [5.74, 6) is -1.26. The van der Waals surface area contributed by atoms with E-state index in [0.717, 1.165) is 27.6 Å². The van der Waals surface area contributed by atoms with Crippen LogP contribution in [0.4, 0.5) is 4.39 Å². The Labute approximate surface area is 133 Å². The Balaban J connectivity index is 1.77. The van der Waals surface area contributed by atoms with E-state index < -0.39 is 5.97 Å². The van der Waals surface area contributed by atoms with Crippen LogP contribution in [0.15, 0.2) is 35.8 Å². The van der Waals surface area contributed by atoms with Crippen LogP contribution in [0.3, 0.4) is 0 Å². The van der Waals surface area contributed by atoms with Gasteiger partial charge >= 0.3 is 5.97 Å². The summed E-state index contributed by atoms with van der Waals surface area (Å²) in [5, 5.41) is 12.1. The van der Waals surface area contributed by atoms with E-state index in [2.05, 4.69) is 9.97 Å². The van der Waals surface area contributed by atoms with Gasteiger partial charge in [-0.3, -0.25) is 0 Å². The molecule has 7 heteroatoms. The highest BCUT2D eigenvalue weighted by molar-refractivity contribution is 7.14. The van der Waals surface area contributed by atoms with E-state index in [1.807, 2.05) is 5.38 Å². The number of hydrogen-bond donors (Lipinski definition) is 1. The summed E-state index contributed by atoms with van der Waals surface area (Å²) in [6.45, 7) is 0. The molecule has 0 spiro atoms. The highest BCUT2D eigenvalue weighted by Crippen LogP contribution is 2.25. The van der Waals surface area contributed by atoms with Crippen molar-refractivity contribution < 1.29 is 14.3 Å². The summed E-state index contributed by atoms with van der Waals surface area (Å²) >= 11 is 2.56. The molecule has 0 radical (unpaired) electrons. The number of hydrogen-bond acceptors (Lipinski definition) is 5. The molecule has 110 valence electrons. The molecule has 0 bridgehead atoms. The lowest BCUT2D eigenvalue weighted by Gasteiger charge is -1.94. The van der Waals surface area contributed by atoms with Crippen molar-refractivity contribution in [3.8, 4) is 10.6 Å². The van der Waals surface area contributed by atoms with E-state index in [1.165, 1.54) is 29.7 Å². The zero-order chi connectivity index (χ0) is 15.5. The quantitative estimate of drug-likeness (QED) is 0.775. The Morgan fingerprint density at radius 2 is 2.00 bits per heavy atom. The highest BCUT2D eigenvalue weighted by Gasteiger charge is 2.07. The molecule has 0 aliphatic rings. The third kappa shape index (κ3) is 3.26. The molecule has 2 heterocycles. The number of rotatable bonds is 4. The lowest BCUT2D eigenvalue weighted by atomic mass is 10.2. The first-order valence-electron chi connectivity index (χ1n) is 6.20. The van der Waals surface area contributed by atoms with Crippen molar-refractivity contribution in [2.45, 2.75) is 0 Å². The summed E-state index contributed by atoms with van der Waals surface area (Å²) in [4.78, 5) is 19.4. The van der Waals surface area contributed by atoms with E-state index in [1.54, 1.807) is 24.3 Å². The molecule has 1 N–H and O–H groups in total. The average molecular weight is 332 g/mol. The molecule has 0 aliphatic carbocycles. The summed E-state index contributed by atoms with van der Waals surface area (Å²) in [6.07, 6.45) is 4.83. The van der Waals surface area contributed by atoms with Gasteiger partial charge in [-0.2, -0.15) is 0 Å². The molecule has 2 aromatic heterocycles. The minimum Gasteiger partial charge on any atom is -0.477 e. The number of thiazole rings is 2. The van der Waals surface area contributed by atoms with Crippen LogP contribution < -0.4 is 0 Å². The molecule has 22 heavy (non-hydrogen) atoms. The fraction of sp³-hybridized carbons (Fsp3) is 0.